The third-order valence-electron chi connectivity index (χ3n) is 5.20. The van der Waals surface area contributed by atoms with Crippen molar-refractivity contribution in [1.29, 1.82) is 0 Å². The van der Waals surface area contributed by atoms with E-state index in [1.54, 1.807) is 0 Å². The third-order valence-corrected chi connectivity index (χ3v) is 6.04. The standard InChI is InChI=1S/C22H36N3O9P/c1-2-5-18(26)16-17(9-15-35(31,32)33)22(30)24-10-4-3-6-19(27)23-11-13-34-14-12-25-20(28)7-8-21(25)29/h7-8,17H,2-6,9-16H2,1H3,(H,23,27)(H,24,30)(H2,31,32,33). The van der Waals surface area contributed by atoms with Crippen LogP contribution in [-0.2, 0) is 33.3 Å². The van der Waals surface area contributed by atoms with Crippen LogP contribution < -0.4 is 10.6 Å². The molecule has 0 spiro atoms. The fourth-order valence-electron chi connectivity index (χ4n) is 3.33. The van der Waals surface area contributed by atoms with E-state index in [1.165, 1.54) is 12.2 Å². The van der Waals surface area contributed by atoms with Gasteiger partial charge in [-0.05, 0) is 25.7 Å². The number of amides is 4. The maximum absolute atomic E-state index is 12.4. The minimum absolute atomic E-state index is 0.0499. The molecule has 0 saturated heterocycles. The van der Waals surface area contributed by atoms with Gasteiger partial charge in [0.1, 0.15) is 5.78 Å². The SMILES string of the molecule is CCCC(=O)CC(CCP(=O)(O)O)C(=O)NCCCCC(=O)NCCOCCN1C(=O)C=CC1=O. The van der Waals surface area contributed by atoms with Gasteiger partial charge in [0, 0.05) is 50.4 Å². The predicted molar refractivity (Wildman–Crippen MR) is 126 cm³/mol. The topological polar surface area (TPSA) is 179 Å². The van der Waals surface area contributed by atoms with Crippen LogP contribution in [0, 0.1) is 5.92 Å². The van der Waals surface area contributed by atoms with E-state index in [1.807, 2.05) is 6.92 Å². The number of carbonyl (C=O) groups excluding carboxylic acids is 5. The average Bonchev–Trinajstić information content (AvgIpc) is 3.10. The molecule has 1 heterocycles. The number of carbonyl (C=O) groups is 5. The van der Waals surface area contributed by atoms with Crippen LogP contribution in [0.3, 0.4) is 0 Å². The van der Waals surface area contributed by atoms with Crippen molar-refractivity contribution in [2.45, 2.75) is 51.9 Å². The predicted octanol–water partition coefficient (Wildman–Crippen LogP) is 0.274. The Labute approximate surface area is 205 Å². The Morgan fingerprint density at radius 2 is 1.71 bits per heavy atom. The van der Waals surface area contributed by atoms with Crippen molar-refractivity contribution in [2.75, 3.05) is 39.0 Å². The van der Waals surface area contributed by atoms with Gasteiger partial charge in [-0.1, -0.05) is 6.92 Å². The molecule has 4 amide bonds. The van der Waals surface area contributed by atoms with Gasteiger partial charge >= 0.3 is 7.60 Å². The van der Waals surface area contributed by atoms with Crippen LogP contribution in [0.4, 0.5) is 0 Å². The number of unbranched alkanes of at least 4 members (excludes halogenated alkanes) is 1. The van der Waals surface area contributed by atoms with E-state index in [2.05, 4.69) is 10.6 Å². The molecule has 0 aliphatic carbocycles. The van der Waals surface area contributed by atoms with Gasteiger partial charge in [0.05, 0.1) is 25.9 Å². The molecule has 198 valence electrons. The Morgan fingerprint density at radius 3 is 2.34 bits per heavy atom. The highest BCUT2D eigenvalue weighted by atomic mass is 31.2. The molecule has 4 N–H and O–H groups in total. The summed E-state index contributed by atoms with van der Waals surface area (Å²) in [4.78, 5) is 78.1. The number of ketones is 1. The number of rotatable bonds is 19. The maximum atomic E-state index is 12.4. The van der Waals surface area contributed by atoms with Crippen molar-refractivity contribution in [3.05, 3.63) is 12.2 Å². The zero-order valence-electron chi connectivity index (χ0n) is 20.1. The number of Topliss-reactive ketones (excluding diaryl/α,β-unsaturated/α-hetero) is 1. The van der Waals surface area contributed by atoms with Gasteiger partial charge in [0.25, 0.3) is 11.8 Å². The lowest BCUT2D eigenvalue weighted by Crippen LogP contribution is -2.34. The smallest absolute Gasteiger partial charge is 0.325 e. The molecule has 1 rings (SSSR count). The Morgan fingerprint density at radius 1 is 1.03 bits per heavy atom. The zero-order chi connectivity index (χ0) is 26.3. The van der Waals surface area contributed by atoms with Gasteiger partial charge in [-0.3, -0.25) is 33.4 Å². The van der Waals surface area contributed by atoms with Crippen molar-refractivity contribution >= 4 is 37.0 Å². The summed E-state index contributed by atoms with van der Waals surface area (Å²) in [6.07, 6.45) is 4.06. The summed E-state index contributed by atoms with van der Waals surface area (Å²) in [7, 11) is -4.27. The zero-order valence-corrected chi connectivity index (χ0v) is 21.0. The molecule has 0 radical (unpaired) electrons. The summed E-state index contributed by atoms with van der Waals surface area (Å²) in [5, 5.41) is 5.37. The lowest BCUT2D eigenvalue weighted by Gasteiger charge is -2.16. The van der Waals surface area contributed by atoms with Gasteiger partial charge in [-0.2, -0.15) is 0 Å². The van der Waals surface area contributed by atoms with E-state index in [4.69, 9.17) is 14.5 Å². The summed E-state index contributed by atoms with van der Waals surface area (Å²) in [5.41, 5.74) is 0. The van der Waals surface area contributed by atoms with Gasteiger partial charge in [-0.15, -0.1) is 0 Å². The van der Waals surface area contributed by atoms with Crippen molar-refractivity contribution in [3.8, 4) is 0 Å². The monoisotopic (exact) mass is 517 g/mol. The molecular formula is C22H36N3O9P. The highest BCUT2D eigenvalue weighted by Gasteiger charge is 2.25. The summed E-state index contributed by atoms with van der Waals surface area (Å²) < 4.78 is 16.5. The summed E-state index contributed by atoms with van der Waals surface area (Å²) in [5.74, 6) is -2.25. The number of nitrogens with zero attached hydrogens (tertiary/aromatic N) is 1. The van der Waals surface area contributed by atoms with E-state index >= 15 is 0 Å². The molecule has 0 aromatic rings. The molecule has 35 heavy (non-hydrogen) atoms. The van der Waals surface area contributed by atoms with E-state index < -0.39 is 25.6 Å². The van der Waals surface area contributed by atoms with Crippen LogP contribution in [-0.4, -0.2) is 83.1 Å². The first kappa shape index (κ1) is 30.6. The quantitative estimate of drug-likeness (QED) is 0.106. The Hall–Kier alpha value is -2.40. The van der Waals surface area contributed by atoms with E-state index in [9.17, 15) is 28.5 Å². The highest BCUT2D eigenvalue weighted by Crippen LogP contribution is 2.36. The van der Waals surface area contributed by atoms with E-state index in [-0.39, 0.29) is 75.6 Å². The molecular weight excluding hydrogens is 481 g/mol. The molecule has 13 heteroatoms. The van der Waals surface area contributed by atoms with Crippen molar-refractivity contribution in [3.63, 3.8) is 0 Å². The molecule has 12 nitrogen and oxygen atoms in total. The highest BCUT2D eigenvalue weighted by molar-refractivity contribution is 7.51. The second-order valence-corrected chi connectivity index (χ2v) is 10.0. The molecule has 1 aliphatic heterocycles. The van der Waals surface area contributed by atoms with E-state index in [0.717, 1.165) is 4.90 Å². The van der Waals surface area contributed by atoms with Crippen molar-refractivity contribution < 1.29 is 43.1 Å². The lowest BCUT2D eigenvalue weighted by molar-refractivity contribution is -0.137. The number of ether oxygens (including phenoxy) is 1. The normalized spacial score (nSPS) is 14.3. The number of nitrogens with one attached hydrogen (secondary N) is 2. The fraction of sp³-hybridized carbons (Fsp3) is 0.682. The van der Waals surface area contributed by atoms with Crippen LogP contribution in [0.25, 0.3) is 0 Å². The Kier molecular flexibility index (Phi) is 14.3. The molecule has 1 atom stereocenters. The van der Waals surface area contributed by atoms with Crippen LogP contribution in [0.1, 0.15) is 51.9 Å². The Bertz CT molecular complexity index is 807. The number of imide groups is 1. The minimum Gasteiger partial charge on any atom is -0.378 e. The molecule has 0 saturated carbocycles. The Balaban J connectivity index is 2.16. The van der Waals surface area contributed by atoms with Gasteiger partial charge < -0.3 is 25.2 Å². The van der Waals surface area contributed by atoms with Crippen LogP contribution in [0.2, 0.25) is 0 Å². The number of hydrogen-bond acceptors (Lipinski definition) is 7. The number of hydrogen-bond donors (Lipinski definition) is 4. The van der Waals surface area contributed by atoms with Gasteiger partial charge in [0.15, 0.2) is 0 Å². The van der Waals surface area contributed by atoms with Crippen LogP contribution in [0.5, 0.6) is 0 Å². The van der Waals surface area contributed by atoms with Crippen molar-refractivity contribution in [2.24, 2.45) is 5.92 Å². The third kappa shape index (κ3) is 13.9. The van der Waals surface area contributed by atoms with Crippen LogP contribution >= 0.6 is 7.60 Å². The lowest BCUT2D eigenvalue weighted by atomic mass is 9.96. The molecule has 1 aliphatic rings. The first-order valence-corrected chi connectivity index (χ1v) is 13.5. The van der Waals surface area contributed by atoms with E-state index in [0.29, 0.717) is 25.7 Å². The summed E-state index contributed by atoms with van der Waals surface area (Å²) in [6.45, 7) is 2.96. The molecule has 1 unspecified atom stereocenters. The molecule has 0 bridgehead atoms. The molecule has 0 fully saturated rings. The van der Waals surface area contributed by atoms with Crippen LogP contribution in [0.15, 0.2) is 12.2 Å². The largest absolute Gasteiger partial charge is 0.378 e. The first-order valence-electron chi connectivity index (χ1n) is 11.8. The fourth-order valence-corrected chi connectivity index (χ4v) is 3.98. The van der Waals surface area contributed by atoms with Gasteiger partial charge in [0.2, 0.25) is 11.8 Å². The second kappa shape index (κ2) is 16.3. The average molecular weight is 518 g/mol. The minimum atomic E-state index is -4.27. The summed E-state index contributed by atoms with van der Waals surface area (Å²) in [6, 6.07) is 0. The van der Waals surface area contributed by atoms with Gasteiger partial charge in [-0.25, -0.2) is 0 Å². The maximum Gasteiger partial charge on any atom is 0.325 e. The molecule has 0 aromatic carbocycles. The summed E-state index contributed by atoms with van der Waals surface area (Å²) >= 11 is 0. The second-order valence-electron chi connectivity index (χ2n) is 8.24. The van der Waals surface area contributed by atoms with Crippen molar-refractivity contribution in [1.82, 2.24) is 15.5 Å². The first-order chi connectivity index (χ1) is 16.5. The molecule has 0 aromatic heterocycles.